The summed E-state index contributed by atoms with van der Waals surface area (Å²) in [6.45, 7) is 5.41. The van der Waals surface area contributed by atoms with Crippen molar-refractivity contribution < 1.29 is 9.41 Å². The van der Waals surface area contributed by atoms with Crippen LogP contribution in [-0.4, -0.2) is 74.3 Å². The molecule has 1 heterocycles. The van der Waals surface area contributed by atoms with Gasteiger partial charge in [-0.05, 0) is 37.8 Å². The molecule has 2 fully saturated rings. The number of rotatable bonds is 7. The topological polar surface area (TPSA) is 61.6 Å². The molecule has 27 heavy (non-hydrogen) atoms. The largest absolute Gasteiger partial charge is 0.383 e. The smallest absolute Gasteiger partial charge is 0.294 e. The van der Waals surface area contributed by atoms with Gasteiger partial charge in [0.15, 0.2) is 0 Å². The van der Waals surface area contributed by atoms with E-state index in [0.29, 0.717) is 5.69 Å². The van der Waals surface area contributed by atoms with Gasteiger partial charge in [-0.1, -0.05) is 6.42 Å². The first kappa shape index (κ1) is 19.9. The van der Waals surface area contributed by atoms with Crippen molar-refractivity contribution in [1.82, 2.24) is 4.90 Å². The molecular weight excluding hydrogens is 342 g/mol. The van der Waals surface area contributed by atoms with Gasteiger partial charge in [-0.15, -0.1) is 0 Å². The number of likely N-dealkylation sites (N-methyl/N-ethyl adjacent to an activating group) is 2. The maximum atomic E-state index is 11.3. The third-order valence-electron chi connectivity index (χ3n) is 6.55. The van der Waals surface area contributed by atoms with Gasteiger partial charge in [0.1, 0.15) is 12.4 Å². The average molecular weight is 377 g/mol. The Hall–Kier alpha value is -1.86. The zero-order valence-corrected chi connectivity index (χ0v) is 17.0. The van der Waals surface area contributed by atoms with E-state index in [2.05, 4.69) is 22.2 Å². The molecule has 1 aliphatic carbocycles. The van der Waals surface area contributed by atoms with Crippen molar-refractivity contribution in [3.8, 4) is 0 Å². The molecule has 7 nitrogen and oxygen atoms in total. The zero-order chi connectivity index (χ0) is 19.4. The number of benzene rings is 1. The summed E-state index contributed by atoms with van der Waals surface area (Å²) in [7, 11) is 6.16. The number of nitrogens with one attached hydrogen (secondary N) is 1. The van der Waals surface area contributed by atoms with Crippen LogP contribution in [-0.2, 0) is 0 Å². The summed E-state index contributed by atoms with van der Waals surface area (Å²) in [5, 5.41) is 14.2. The lowest BCUT2D eigenvalue weighted by molar-refractivity contribution is -0.927. The van der Waals surface area contributed by atoms with Crippen LogP contribution in [0, 0.1) is 10.1 Å². The Kier molecular flexibility index (Phi) is 6.22. The van der Waals surface area contributed by atoms with Crippen LogP contribution in [0.2, 0.25) is 0 Å². The summed E-state index contributed by atoms with van der Waals surface area (Å²) >= 11 is 0. The van der Waals surface area contributed by atoms with Gasteiger partial charge in [-0.2, -0.15) is 0 Å². The van der Waals surface area contributed by atoms with E-state index in [0.717, 1.165) is 38.0 Å². The minimum atomic E-state index is -0.323. The molecule has 1 saturated carbocycles. The second-order valence-electron chi connectivity index (χ2n) is 8.38. The van der Waals surface area contributed by atoms with Gasteiger partial charge < -0.3 is 14.7 Å². The quantitative estimate of drug-likeness (QED) is 0.450. The monoisotopic (exact) mass is 376 g/mol. The minimum Gasteiger partial charge on any atom is -0.383 e. The summed E-state index contributed by atoms with van der Waals surface area (Å²) in [5.41, 5.74) is 1.58. The molecule has 1 aliphatic heterocycles. The lowest BCUT2D eigenvalue weighted by Crippen LogP contribution is -2.52. The Morgan fingerprint density at radius 3 is 2.74 bits per heavy atom. The molecule has 7 heteroatoms. The Morgan fingerprint density at radius 2 is 2.07 bits per heavy atom. The lowest BCUT2D eigenvalue weighted by Gasteiger charge is -2.40. The molecule has 150 valence electrons. The first-order chi connectivity index (χ1) is 12.9. The van der Waals surface area contributed by atoms with Crippen molar-refractivity contribution in [2.45, 2.75) is 38.1 Å². The van der Waals surface area contributed by atoms with Crippen molar-refractivity contribution in [2.24, 2.45) is 0 Å². The van der Waals surface area contributed by atoms with Gasteiger partial charge in [0.25, 0.3) is 5.69 Å². The molecule has 0 spiro atoms. The van der Waals surface area contributed by atoms with Crippen molar-refractivity contribution in [3.63, 3.8) is 0 Å². The van der Waals surface area contributed by atoms with E-state index >= 15 is 0 Å². The number of hydrogen-bond donors (Lipinski definition) is 1. The van der Waals surface area contributed by atoms with Crippen molar-refractivity contribution in [2.75, 3.05) is 64.2 Å². The number of nitro groups is 1. The molecule has 0 aromatic heterocycles. The fraction of sp³-hybridized carbons (Fsp3) is 0.700. The molecule has 1 N–H and O–H groups in total. The Balaban J connectivity index is 1.56. The number of hydrogen-bond acceptors (Lipinski definition) is 5. The van der Waals surface area contributed by atoms with Crippen LogP contribution in [0.25, 0.3) is 0 Å². The standard InChI is InChI=1S/C20H34N5O2/c1-21-19-10-9-17(15-20(19)24(26)27)22(2)11-12-23-13-14-25(3,16-23)18-7-5-4-6-8-18/h9-10,15,18,21H,4-8,11-14,16H2,1-3H3/q+1. The van der Waals surface area contributed by atoms with Crippen LogP contribution in [0.1, 0.15) is 32.1 Å². The summed E-state index contributed by atoms with van der Waals surface area (Å²) in [5.74, 6) is 0. The molecule has 0 bridgehead atoms. The number of nitrogens with zero attached hydrogens (tertiary/aromatic N) is 4. The Labute approximate surface area is 162 Å². The second-order valence-corrected chi connectivity index (χ2v) is 8.38. The van der Waals surface area contributed by atoms with E-state index in [1.54, 1.807) is 19.2 Å². The number of nitro benzene ring substituents is 1. The highest BCUT2D eigenvalue weighted by Gasteiger charge is 2.39. The number of anilines is 2. The number of quaternary nitrogens is 1. The minimum absolute atomic E-state index is 0.129. The van der Waals surface area contributed by atoms with E-state index in [9.17, 15) is 10.1 Å². The van der Waals surface area contributed by atoms with Gasteiger partial charge in [0.05, 0.1) is 31.1 Å². The van der Waals surface area contributed by atoms with E-state index in [1.165, 1.54) is 43.1 Å². The highest BCUT2D eigenvalue weighted by molar-refractivity contribution is 5.68. The summed E-state index contributed by atoms with van der Waals surface area (Å²) in [6.07, 6.45) is 6.95. The third kappa shape index (κ3) is 4.52. The molecule has 0 amide bonds. The van der Waals surface area contributed by atoms with Crippen LogP contribution >= 0.6 is 0 Å². The highest BCUT2D eigenvalue weighted by atomic mass is 16.6. The van der Waals surface area contributed by atoms with E-state index < -0.39 is 0 Å². The molecule has 2 aliphatic rings. The molecule has 1 saturated heterocycles. The fourth-order valence-electron chi connectivity index (χ4n) is 4.69. The van der Waals surface area contributed by atoms with Gasteiger partial charge in [-0.3, -0.25) is 10.1 Å². The fourth-order valence-corrected chi connectivity index (χ4v) is 4.69. The van der Waals surface area contributed by atoms with Crippen LogP contribution in [0.4, 0.5) is 17.1 Å². The molecular formula is C20H34N5O2+. The van der Waals surface area contributed by atoms with E-state index in [-0.39, 0.29) is 10.6 Å². The van der Waals surface area contributed by atoms with Crippen molar-refractivity contribution >= 4 is 17.1 Å². The van der Waals surface area contributed by atoms with Crippen LogP contribution in [0.5, 0.6) is 0 Å². The summed E-state index contributed by atoms with van der Waals surface area (Å²) in [4.78, 5) is 15.6. The molecule has 1 atom stereocenters. The molecule has 1 aromatic rings. The van der Waals surface area contributed by atoms with Crippen molar-refractivity contribution in [1.29, 1.82) is 0 Å². The SMILES string of the molecule is CNc1ccc(N(C)CCN2CC[N+](C)(C3CCCCC3)C2)cc1[N+](=O)[O-]. The van der Waals surface area contributed by atoms with Crippen LogP contribution in [0.15, 0.2) is 18.2 Å². The van der Waals surface area contributed by atoms with Gasteiger partial charge in [0, 0.05) is 38.9 Å². The zero-order valence-electron chi connectivity index (χ0n) is 17.0. The van der Waals surface area contributed by atoms with E-state index in [1.807, 2.05) is 13.1 Å². The van der Waals surface area contributed by atoms with Gasteiger partial charge >= 0.3 is 0 Å². The van der Waals surface area contributed by atoms with Crippen LogP contribution in [0.3, 0.4) is 0 Å². The van der Waals surface area contributed by atoms with Crippen LogP contribution < -0.4 is 10.2 Å². The first-order valence-electron chi connectivity index (χ1n) is 10.2. The van der Waals surface area contributed by atoms with Crippen molar-refractivity contribution in [3.05, 3.63) is 28.3 Å². The molecule has 0 radical (unpaired) electrons. The summed E-state index contributed by atoms with van der Waals surface area (Å²) < 4.78 is 1.20. The predicted molar refractivity (Wildman–Crippen MR) is 110 cm³/mol. The average Bonchev–Trinajstić information content (AvgIpc) is 3.08. The highest BCUT2D eigenvalue weighted by Crippen LogP contribution is 2.31. The van der Waals surface area contributed by atoms with E-state index in [4.69, 9.17) is 0 Å². The first-order valence-corrected chi connectivity index (χ1v) is 10.2. The molecule has 1 unspecified atom stereocenters. The third-order valence-corrected chi connectivity index (χ3v) is 6.55. The van der Waals surface area contributed by atoms with Gasteiger partial charge in [-0.25, -0.2) is 4.90 Å². The summed E-state index contributed by atoms with van der Waals surface area (Å²) in [6, 6.07) is 6.23. The molecule has 3 rings (SSSR count). The van der Waals surface area contributed by atoms with Gasteiger partial charge in [0.2, 0.25) is 0 Å². The lowest BCUT2D eigenvalue weighted by atomic mass is 9.93. The maximum absolute atomic E-state index is 11.3. The predicted octanol–water partition coefficient (Wildman–Crippen LogP) is 3.13. The Bertz CT molecular complexity index is 662. The maximum Gasteiger partial charge on any atom is 0.294 e. The second kappa shape index (κ2) is 8.44. The molecule has 1 aromatic carbocycles. The normalized spacial score (nSPS) is 24.1. The Morgan fingerprint density at radius 1 is 1.33 bits per heavy atom.